The Bertz CT molecular complexity index is 1630. The molecule has 0 aromatic carbocycles. The Balaban J connectivity index is 2.44. The molecule has 0 amide bonds. The first kappa shape index (κ1) is 74.9. The third-order valence-electron chi connectivity index (χ3n) is 14.0. The normalized spacial score (nSPS) is 15.0. The van der Waals surface area contributed by atoms with Gasteiger partial charge in [-0.05, 0) is 109 Å². The van der Waals surface area contributed by atoms with Crippen LogP contribution in [0.3, 0.4) is 0 Å². The molecule has 1 aliphatic rings. The van der Waals surface area contributed by atoms with E-state index in [0.717, 1.165) is 82.8 Å². The minimum atomic E-state index is -0.721. The van der Waals surface area contributed by atoms with Crippen LogP contribution in [-0.4, -0.2) is 212 Å². The van der Waals surface area contributed by atoms with Crippen LogP contribution in [0.25, 0.3) is 0 Å². The number of carbonyl (C=O) groups is 6. The van der Waals surface area contributed by atoms with Gasteiger partial charge in [-0.1, -0.05) is 67.9 Å². The minimum absolute atomic E-state index is 0.0924. The first-order chi connectivity index (χ1) is 38.6. The van der Waals surface area contributed by atoms with E-state index in [-0.39, 0.29) is 92.8 Å². The summed E-state index contributed by atoms with van der Waals surface area (Å²) in [4.78, 5) is 82.9. The number of hydrogen-bond acceptors (Lipinski definition) is 20. The Morgan fingerprint density at radius 3 is 1.41 bits per heavy atom. The summed E-state index contributed by atoms with van der Waals surface area (Å²) in [5.74, 6) is 1.05. The van der Waals surface area contributed by atoms with Crippen molar-refractivity contribution >= 4 is 57.2 Å². The van der Waals surface area contributed by atoms with Crippen molar-refractivity contribution in [2.45, 2.75) is 187 Å². The van der Waals surface area contributed by atoms with Crippen LogP contribution in [0.1, 0.15) is 169 Å². The summed E-state index contributed by atoms with van der Waals surface area (Å²) < 4.78 is 26.6. The highest BCUT2D eigenvalue weighted by Crippen LogP contribution is 2.23. The van der Waals surface area contributed by atoms with Crippen LogP contribution in [0, 0.1) is 11.8 Å². The molecule has 0 aromatic heterocycles. The van der Waals surface area contributed by atoms with Crippen molar-refractivity contribution in [2.24, 2.45) is 11.8 Å². The van der Waals surface area contributed by atoms with Gasteiger partial charge in [0, 0.05) is 121 Å². The monoisotopic (exact) mass is 1170 g/mol. The minimum Gasteiger partial charge on any atom is -0.466 e. The van der Waals surface area contributed by atoms with E-state index in [2.05, 4.69) is 27.9 Å². The van der Waals surface area contributed by atoms with Crippen molar-refractivity contribution in [3.05, 3.63) is 25.3 Å². The van der Waals surface area contributed by atoms with E-state index in [9.17, 15) is 44.1 Å². The summed E-state index contributed by atoms with van der Waals surface area (Å²) in [6, 6.07) is 0. The number of rotatable bonds is 54. The number of unbranched alkanes of at least 4 members (excludes halogenated alkanes) is 3. The Hall–Kier alpha value is -3.08. The zero-order chi connectivity index (χ0) is 59.0. The number of nitrogens with zero attached hydrogens (tertiary/aromatic N) is 4. The number of ether oxygens (including phenoxy) is 5. The zero-order valence-corrected chi connectivity index (χ0v) is 51.5. The standard InChI is InChI=1S/C60H108N4O14S2/c1-7-39-74-56(69)28-19-24-54(67)46-64(47-55(68)25-20-29-57(70)75-40-8-2)32-21-30-58(71)76-41-37-61-33-35-62(36-34-61)38-43-80-79-42-18-17-31-63(44-52(65)22-13-15-26-59(72)77-48-50(9-3)10-4)45-53(66)23-14-16-27-60(73)78-49-51(11-5)12-6/h9,11,50-52,54-55,65,67-68H,3,5,7-8,10,12-49H2,1-2,4,6H3. The van der Waals surface area contributed by atoms with Crippen molar-refractivity contribution < 1.29 is 67.8 Å². The third kappa shape index (κ3) is 42.7. The van der Waals surface area contributed by atoms with Crippen LogP contribution in [0.5, 0.6) is 0 Å². The summed E-state index contributed by atoms with van der Waals surface area (Å²) in [5, 5.41) is 32.6. The molecule has 0 spiro atoms. The predicted molar refractivity (Wildman–Crippen MR) is 320 cm³/mol. The van der Waals surface area contributed by atoms with Gasteiger partial charge in [0.05, 0.1) is 51.3 Å². The summed E-state index contributed by atoms with van der Waals surface area (Å²) in [6.45, 7) is 25.0. The smallest absolute Gasteiger partial charge is 0.305 e. The molecular formula is C60H108N4O14S2. The van der Waals surface area contributed by atoms with Crippen LogP contribution in [0.15, 0.2) is 25.3 Å². The number of carbonyl (C=O) groups excluding carboxylic acids is 6. The molecule has 0 radical (unpaired) electrons. The van der Waals surface area contributed by atoms with Gasteiger partial charge >= 0.3 is 29.8 Å². The average Bonchev–Trinajstić information content (AvgIpc) is 3.43. The molecule has 20 heteroatoms. The molecule has 18 nitrogen and oxygen atoms in total. The lowest BCUT2D eigenvalue weighted by Gasteiger charge is -2.34. The van der Waals surface area contributed by atoms with E-state index in [4.69, 9.17) is 23.7 Å². The number of piperazine rings is 1. The van der Waals surface area contributed by atoms with Gasteiger partial charge in [0.15, 0.2) is 0 Å². The second-order valence-corrected chi connectivity index (χ2v) is 23.9. The SMILES string of the molecule is C=CC(CC)COC(=O)CCCCC(=O)CN(CCCCSSCCN1CCN(CCOC(=O)CCCN(CC(O)CCCC(=O)OCCC)CC(O)CCCC(=O)OCCC)CC1)CC(O)CCCCC(=O)OCC(C=C)CC. The maximum Gasteiger partial charge on any atom is 0.305 e. The summed E-state index contributed by atoms with van der Waals surface area (Å²) in [7, 11) is 3.74. The quantitative estimate of drug-likeness (QED) is 0.0172. The maximum absolute atomic E-state index is 13.1. The lowest BCUT2D eigenvalue weighted by molar-refractivity contribution is -0.145. The maximum atomic E-state index is 13.1. The van der Waals surface area contributed by atoms with E-state index >= 15 is 0 Å². The van der Waals surface area contributed by atoms with Gasteiger partial charge in [-0.15, -0.1) is 13.2 Å². The molecule has 1 fully saturated rings. The van der Waals surface area contributed by atoms with E-state index in [1.807, 2.05) is 54.2 Å². The molecule has 5 unspecified atom stereocenters. The van der Waals surface area contributed by atoms with Crippen LogP contribution in [0.2, 0.25) is 0 Å². The lowest BCUT2D eigenvalue weighted by atomic mass is 10.1. The molecule has 0 aliphatic carbocycles. The average molecular weight is 1170 g/mol. The molecule has 464 valence electrons. The molecular weight excluding hydrogens is 1060 g/mol. The van der Waals surface area contributed by atoms with Crippen molar-refractivity contribution in [3.63, 3.8) is 0 Å². The fourth-order valence-electron chi connectivity index (χ4n) is 8.84. The highest BCUT2D eigenvalue weighted by Gasteiger charge is 2.21. The Morgan fingerprint density at radius 1 is 0.487 bits per heavy atom. The largest absolute Gasteiger partial charge is 0.466 e. The van der Waals surface area contributed by atoms with Crippen LogP contribution in [0.4, 0.5) is 0 Å². The Kier molecular flexibility index (Phi) is 47.2. The van der Waals surface area contributed by atoms with Crippen molar-refractivity contribution in [3.8, 4) is 0 Å². The molecule has 1 aliphatic heterocycles. The summed E-state index contributed by atoms with van der Waals surface area (Å²) in [6.07, 6.45) is 13.5. The van der Waals surface area contributed by atoms with Gasteiger partial charge in [-0.3, -0.25) is 48.4 Å². The summed E-state index contributed by atoms with van der Waals surface area (Å²) in [5.41, 5.74) is 0. The van der Waals surface area contributed by atoms with Gasteiger partial charge in [-0.25, -0.2) is 0 Å². The van der Waals surface area contributed by atoms with Gasteiger partial charge in [-0.2, -0.15) is 0 Å². The molecule has 5 atom stereocenters. The number of ketones is 1. The number of aliphatic hydroxyl groups excluding tert-OH is 3. The van der Waals surface area contributed by atoms with E-state index < -0.39 is 18.3 Å². The number of Topliss-reactive ketones (excluding diaryl/α,β-unsaturated/α-hetero) is 1. The number of aliphatic hydroxyl groups is 3. The topological polar surface area (TPSA) is 222 Å². The van der Waals surface area contributed by atoms with Gasteiger partial charge in [0.25, 0.3) is 0 Å². The van der Waals surface area contributed by atoms with Crippen molar-refractivity contribution in [1.29, 1.82) is 0 Å². The molecule has 0 bridgehead atoms. The molecule has 0 aromatic rings. The lowest BCUT2D eigenvalue weighted by Crippen LogP contribution is -2.47. The third-order valence-corrected chi connectivity index (χ3v) is 16.5. The van der Waals surface area contributed by atoms with E-state index in [1.165, 1.54) is 0 Å². The first-order valence-corrected chi connectivity index (χ1v) is 32.9. The second-order valence-electron chi connectivity index (χ2n) is 21.2. The fraction of sp³-hybridized carbons (Fsp3) is 0.833. The van der Waals surface area contributed by atoms with Crippen LogP contribution in [-0.2, 0) is 52.5 Å². The number of hydrogen-bond donors (Lipinski definition) is 3. The van der Waals surface area contributed by atoms with Crippen molar-refractivity contribution in [2.75, 3.05) is 123 Å². The van der Waals surface area contributed by atoms with Crippen LogP contribution >= 0.6 is 21.6 Å². The van der Waals surface area contributed by atoms with E-state index in [1.54, 1.807) is 12.2 Å². The fourth-order valence-corrected chi connectivity index (χ4v) is 11.0. The van der Waals surface area contributed by atoms with E-state index in [0.29, 0.717) is 136 Å². The van der Waals surface area contributed by atoms with Gasteiger partial charge in [0.2, 0.25) is 0 Å². The second kappa shape index (κ2) is 50.4. The Morgan fingerprint density at radius 2 is 0.900 bits per heavy atom. The van der Waals surface area contributed by atoms with Gasteiger partial charge < -0.3 is 39.0 Å². The summed E-state index contributed by atoms with van der Waals surface area (Å²) >= 11 is 0. The van der Waals surface area contributed by atoms with Crippen molar-refractivity contribution in [1.82, 2.24) is 19.6 Å². The first-order valence-electron chi connectivity index (χ1n) is 30.4. The van der Waals surface area contributed by atoms with Gasteiger partial charge in [0.1, 0.15) is 12.4 Å². The molecule has 1 saturated heterocycles. The molecule has 1 rings (SSSR count). The highest BCUT2D eigenvalue weighted by atomic mass is 33.1. The highest BCUT2D eigenvalue weighted by molar-refractivity contribution is 8.76. The molecule has 0 saturated carbocycles. The number of esters is 5. The molecule has 1 heterocycles. The van der Waals surface area contributed by atoms with Crippen LogP contribution < -0.4 is 0 Å². The molecule has 3 N–H and O–H groups in total. The Labute approximate surface area is 489 Å². The predicted octanol–water partition coefficient (Wildman–Crippen LogP) is 8.22. The molecule has 80 heavy (non-hydrogen) atoms. The zero-order valence-electron chi connectivity index (χ0n) is 49.9.